The Hall–Kier alpha value is -3.40. The Kier molecular flexibility index (Phi) is 6.22. The van der Waals surface area contributed by atoms with Crippen LogP contribution >= 0.6 is 11.3 Å². The van der Waals surface area contributed by atoms with Gasteiger partial charge in [0.15, 0.2) is 18.9 Å². The van der Waals surface area contributed by atoms with E-state index in [2.05, 4.69) is 20.7 Å². The van der Waals surface area contributed by atoms with Crippen molar-refractivity contribution in [3.05, 3.63) is 46.7 Å². The number of ketones is 1. The second kappa shape index (κ2) is 9.00. The highest BCUT2D eigenvalue weighted by Gasteiger charge is 2.13. The molecule has 0 atom stereocenters. The normalized spacial score (nSPS) is 10.5. The maximum Gasteiger partial charge on any atom is 0.330 e. The first kappa shape index (κ1) is 19.4. The van der Waals surface area contributed by atoms with Crippen molar-refractivity contribution in [2.45, 2.75) is 19.9 Å². The lowest BCUT2D eigenvalue weighted by molar-refractivity contribution is -0.143. The minimum Gasteiger partial charge on any atom is -0.456 e. The second-order valence-electron chi connectivity index (χ2n) is 5.72. The summed E-state index contributed by atoms with van der Waals surface area (Å²) in [4.78, 5) is 36.5. The van der Waals surface area contributed by atoms with Crippen LogP contribution < -0.4 is 5.32 Å². The summed E-state index contributed by atoms with van der Waals surface area (Å²) in [5, 5.41) is 18.2. The number of rotatable bonds is 8. The molecule has 9 nitrogen and oxygen atoms in total. The minimum absolute atomic E-state index is 0.114. The Morgan fingerprint density at radius 3 is 2.64 bits per heavy atom. The van der Waals surface area contributed by atoms with Crippen LogP contribution in [0.3, 0.4) is 0 Å². The summed E-state index contributed by atoms with van der Waals surface area (Å²) >= 11 is 1.50. The lowest BCUT2D eigenvalue weighted by atomic mass is 10.1. The molecule has 1 amide bonds. The standard InChI is InChI=1S/C18H17N5O4S/c1-2-16(25)19-14-5-3-12(4-6-14)15(24)10-27-17(26)9-23-21-18(20-22-23)13-7-8-28-11-13/h3-8,11H,2,9-10H2,1H3,(H,19,25). The molecule has 0 fully saturated rings. The first-order valence-corrected chi connectivity index (χ1v) is 9.38. The van der Waals surface area contributed by atoms with Crippen LogP contribution in [0.2, 0.25) is 0 Å². The summed E-state index contributed by atoms with van der Waals surface area (Å²) in [7, 11) is 0. The second-order valence-corrected chi connectivity index (χ2v) is 6.50. The molecule has 2 aromatic heterocycles. The lowest BCUT2D eigenvalue weighted by Gasteiger charge is -2.06. The number of benzene rings is 1. The third kappa shape index (κ3) is 5.07. The molecule has 2 heterocycles. The number of thiophene rings is 1. The van der Waals surface area contributed by atoms with Crippen molar-refractivity contribution >= 4 is 34.7 Å². The summed E-state index contributed by atoms with van der Waals surface area (Å²) in [6.07, 6.45) is 0.367. The van der Waals surface area contributed by atoms with Crippen LogP contribution in [-0.4, -0.2) is 44.5 Å². The van der Waals surface area contributed by atoms with Crippen LogP contribution in [0.25, 0.3) is 11.4 Å². The van der Waals surface area contributed by atoms with Crippen molar-refractivity contribution in [1.29, 1.82) is 0 Å². The summed E-state index contributed by atoms with van der Waals surface area (Å²) in [6.45, 7) is 1.11. The zero-order chi connectivity index (χ0) is 19.9. The van der Waals surface area contributed by atoms with Gasteiger partial charge in [0.25, 0.3) is 0 Å². The number of ether oxygens (including phenoxy) is 1. The van der Waals surface area contributed by atoms with Crippen molar-refractivity contribution in [2.24, 2.45) is 0 Å². The van der Waals surface area contributed by atoms with E-state index in [1.165, 1.54) is 11.3 Å². The lowest BCUT2D eigenvalue weighted by Crippen LogP contribution is -2.20. The third-order valence-electron chi connectivity index (χ3n) is 3.68. The van der Waals surface area contributed by atoms with Gasteiger partial charge in [-0.1, -0.05) is 6.92 Å². The molecule has 1 aromatic carbocycles. The van der Waals surface area contributed by atoms with Gasteiger partial charge >= 0.3 is 5.97 Å². The zero-order valence-corrected chi connectivity index (χ0v) is 15.8. The fourth-order valence-electron chi connectivity index (χ4n) is 2.20. The van der Waals surface area contributed by atoms with Gasteiger partial charge in [-0.2, -0.15) is 16.1 Å². The van der Waals surface area contributed by atoms with E-state index in [1.54, 1.807) is 31.2 Å². The van der Waals surface area contributed by atoms with Crippen LogP contribution in [0.4, 0.5) is 5.69 Å². The van der Waals surface area contributed by atoms with Crippen LogP contribution in [0.5, 0.6) is 0 Å². The van der Waals surface area contributed by atoms with Crippen LogP contribution in [0, 0.1) is 0 Å². The van der Waals surface area contributed by atoms with Gasteiger partial charge in [0, 0.05) is 28.6 Å². The quantitative estimate of drug-likeness (QED) is 0.456. The van der Waals surface area contributed by atoms with Gasteiger partial charge in [0.05, 0.1) is 0 Å². The first-order valence-electron chi connectivity index (χ1n) is 8.44. The Balaban J connectivity index is 1.49. The molecule has 3 aromatic rings. The number of aromatic nitrogens is 4. The molecule has 0 unspecified atom stereocenters. The summed E-state index contributed by atoms with van der Waals surface area (Å²) in [6, 6.07) is 8.21. The fourth-order valence-corrected chi connectivity index (χ4v) is 2.83. The molecule has 0 aliphatic heterocycles. The number of carbonyl (C=O) groups is 3. The van der Waals surface area contributed by atoms with E-state index in [0.717, 1.165) is 10.4 Å². The number of esters is 1. The van der Waals surface area contributed by atoms with E-state index < -0.39 is 12.6 Å². The minimum atomic E-state index is -0.644. The zero-order valence-electron chi connectivity index (χ0n) is 15.0. The molecule has 28 heavy (non-hydrogen) atoms. The largest absolute Gasteiger partial charge is 0.456 e. The SMILES string of the molecule is CCC(=O)Nc1ccc(C(=O)COC(=O)Cn2nnc(-c3ccsc3)n2)cc1. The summed E-state index contributed by atoms with van der Waals surface area (Å²) in [5.41, 5.74) is 1.79. The molecule has 1 N–H and O–H groups in total. The maximum absolute atomic E-state index is 12.1. The van der Waals surface area contributed by atoms with Gasteiger partial charge in [-0.3, -0.25) is 9.59 Å². The molecular weight excluding hydrogens is 382 g/mol. The summed E-state index contributed by atoms with van der Waals surface area (Å²) in [5.74, 6) is -0.695. The average molecular weight is 399 g/mol. The molecule has 3 rings (SSSR count). The maximum atomic E-state index is 12.1. The van der Waals surface area contributed by atoms with Gasteiger partial charge in [0.1, 0.15) is 0 Å². The molecule has 0 saturated heterocycles. The van der Waals surface area contributed by atoms with E-state index >= 15 is 0 Å². The van der Waals surface area contributed by atoms with E-state index in [4.69, 9.17) is 4.74 Å². The number of anilines is 1. The number of nitrogens with one attached hydrogen (secondary N) is 1. The number of hydrogen-bond donors (Lipinski definition) is 1. The van der Waals surface area contributed by atoms with Gasteiger partial charge in [-0.05, 0) is 40.9 Å². The van der Waals surface area contributed by atoms with Crippen LogP contribution in [-0.2, 0) is 20.9 Å². The summed E-state index contributed by atoms with van der Waals surface area (Å²) < 4.78 is 4.99. The predicted molar refractivity (Wildman–Crippen MR) is 102 cm³/mol. The van der Waals surface area contributed by atoms with E-state index in [-0.39, 0.29) is 18.2 Å². The molecule has 0 aliphatic rings. The Labute approximate surface area is 164 Å². The molecule has 0 aliphatic carbocycles. The smallest absolute Gasteiger partial charge is 0.330 e. The molecule has 10 heteroatoms. The van der Waals surface area contributed by atoms with Crippen LogP contribution in [0.1, 0.15) is 23.7 Å². The van der Waals surface area contributed by atoms with E-state index in [0.29, 0.717) is 23.5 Å². The Morgan fingerprint density at radius 2 is 1.96 bits per heavy atom. The van der Waals surface area contributed by atoms with Crippen molar-refractivity contribution in [3.8, 4) is 11.4 Å². The highest BCUT2D eigenvalue weighted by atomic mass is 32.1. The highest BCUT2D eigenvalue weighted by molar-refractivity contribution is 7.08. The molecular formula is C18H17N5O4S. The first-order chi connectivity index (χ1) is 13.5. The highest BCUT2D eigenvalue weighted by Crippen LogP contribution is 2.16. The Bertz CT molecular complexity index is 966. The predicted octanol–water partition coefficient (Wildman–Crippen LogP) is 2.18. The topological polar surface area (TPSA) is 116 Å². The van der Waals surface area contributed by atoms with Crippen molar-refractivity contribution in [2.75, 3.05) is 11.9 Å². The number of amides is 1. The van der Waals surface area contributed by atoms with Crippen molar-refractivity contribution in [3.63, 3.8) is 0 Å². The van der Waals surface area contributed by atoms with Gasteiger partial charge < -0.3 is 10.1 Å². The van der Waals surface area contributed by atoms with Crippen molar-refractivity contribution < 1.29 is 19.1 Å². The van der Waals surface area contributed by atoms with E-state index in [9.17, 15) is 14.4 Å². The molecule has 0 saturated carbocycles. The van der Waals surface area contributed by atoms with Crippen LogP contribution in [0.15, 0.2) is 41.1 Å². The number of tetrazole rings is 1. The Morgan fingerprint density at radius 1 is 1.18 bits per heavy atom. The molecule has 144 valence electrons. The monoisotopic (exact) mass is 399 g/mol. The van der Waals surface area contributed by atoms with Crippen molar-refractivity contribution in [1.82, 2.24) is 20.2 Å². The van der Waals surface area contributed by atoms with E-state index in [1.807, 2.05) is 16.8 Å². The number of nitrogens with zero attached hydrogens (tertiary/aromatic N) is 4. The number of Topliss-reactive ketones (excluding diaryl/α,β-unsaturated/α-hetero) is 1. The molecule has 0 spiro atoms. The fraction of sp³-hybridized carbons (Fsp3) is 0.222. The van der Waals surface area contributed by atoms with Gasteiger partial charge in [0.2, 0.25) is 11.7 Å². The molecule has 0 radical (unpaired) electrons. The average Bonchev–Trinajstić information content (AvgIpc) is 3.38. The number of carbonyl (C=O) groups excluding carboxylic acids is 3. The molecule has 0 bridgehead atoms. The third-order valence-corrected chi connectivity index (χ3v) is 4.36. The van der Waals surface area contributed by atoms with Gasteiger partial charge in [-0.15, -0.1) is 10.2 Å². The number of hydrogen-bond acceptors (Lipinski definition) is 8. The van der Waals surface area contributed by atoms with Gasteiger partial charge in [-0.25, -0.2) is 4.79 Å².